The van der Waals surface area contributed by atoms with Crippen LogP contribution in [0.15, 0.2) is 18.2 Å². The van der Waals surface area contributed by atoms with E-state index in [1.807, 2.05) is 0 Å². The summed E-state index contributed by atoms with van der Waals surface area (Å²) in [4.78, 5) is 11.0. The van der Waals surface area contributed by atoms with Gasteiger partial charge in [0.15, 0.2) is 0 Å². The average molecular weight is 211 g/mol. The minimum atomic E-state index is -0.520. The first-order valence-electron chi connectivity index (χ1n) is 4.63. The molecule has 0 radical (unpaired) electrons. The van der Waals surface area contributed by atoms with Crippen molar-refractivity contribution in [1.82, 2.24) is 0 Å². The highest BCUT2D eigenvalue weighted by Crippen LogP contribution is 2.20. The summed E-state index contributed by atoms with van der Waals surface area (Å²) >= 11 is 0. The molecule has 0 amide bonds. The number of nitrogens with two attached hydrogens (primary N) is 1. The zero-order valence-corrected chi connectivity index (χ0v) is 8.79. The Hall–Kier alpha value is -1.42. The van der Waals surface area contributed by atoms with E-state index in [2.05, 4.69) is 4.74 Å². The lowest BCUT2D eigenvalue weighted by Gasteiger charge is -2.13. The Balaban J connectivity index is 2.86. The van der Waals surface area contributed by atoms with Gasteiger partial charge in [0, 0.05) is 6.04 Å². The topological polar surface area (TPSA) is 52.3 Å². The van der Waals surface area contributed by atoms with E-state index in [4.69, 9.17) is 5.73 Å². The van der Waals surface area contributed by atoms with Crippen molar-refractivity contribution in [3.63, 3.8) is 0 Å². The van der Waals surface area contributed by atoms with E-state index < -0.39 is 12.0 Å². The minimum absolute atomic E-state index is 0.0563. The molecule has 0 aliphatic carbocycles. The molecule has 0 spiro atoms. The van der Waals surface area contributed by atoms with E-state index in [0.29, 0.717) is 11.1 Å². The number of carbonyl (C=O) groups is 1. The van der Waals surface area contributed by atoms with E-state index in [1.54, 1.807) is 19.1 Å². The Kier molecular flexibility index (Phi) is 3.80. The van der Waals surface area contributed by atoms with Crippen LogP contribution in [0.5, 0.6) is 0 Å². The SMILES string of the molecule is COC(=O)C[C@@H](N)c1cccc(F)c1C. The second kappa shape index (κ2) is 4.89. The lowest BCUT2D eigenvalue weighted by Crippen LogP contribution is -2.17. The molecule has 4 heteroatoms. The molecule has 0 unspecified atom stereocenters. The van der Waals surface area contributed by atoms with E-state index in [-0.39, 0.29) is 12.2 Å². The molecule has 3 nitrogen and oxygen atoms in total. The zero-order chi connectivity index (χ0) is 11.4. The fourth-order valence-corrected chi connectivity index (χ4v) is 1.40. The Morgan fingerprint density at radius 3 is 2.87 bits per heavy atom. The number of halogens is 1. The van der Waals surface area contributed by atoms with Gasteiger partial charge in [-0.3, -0.25) is 4.79 Å². The van der Waals surface area contributed by atoms with Crippen molar-refractivity contribution in [1.29, 1.82) is 0 Å². The third-order valence-corrected chi connectivity index (χ3v) is 2.32. The number of carbonyl (C=O) groups excluding carboxylic acids is 1. The standard InChI is InChI=1S/C11H14FNO2/c1-7-8(4-3-5-9(7)12)10(13)6-11(14)15-2/h3-5,10H,6,13H2,1-2H3/t10-/m1/s1. The number of benzene rings is 1. The molecule has 2 N–H and O–H groups in total. The number of hydrogen-bond acceptors (Lipinski definition) is 3. The van der Waals surface area contributed by atoms with Crippen LogP contribution in [0, 0.1) is 12.7 Å². The number of hydrogen-bond donors (Lipinski definition) is 1. The summed E-state index contributed by atoms with van der Waals surface area (Å²) in [5.74, 6) is -0.709. The minimum Gasteiger partial charge on any atom is -0.469 e. The maximum atomic E-state index is 13.2. The number of rotatable bonds is 3. The van der Waals surface area contributed by atoms with Gasteiger partial charge >= 0.3 is 5.97 Å². The first kappa shape index (κ1) is 11.7. The molecule has 1 aromatic carbocycles. The summed E-state index contributed by atoms with van der Waals surface area (Å²) in [6, 6.07) is 4.14. The maximum absolute atomic E-state index is 13.2. The van der Waals surface area contributed by atoms with Crippen molar-refractivity contribution in [2.24, 2.45) is 5.73 Å². The molecule has 1 atom stereocenters. The van der Waals surface area contributed by atoms with Crippen LogP contribution in [-0.4, -0.2) is 13.1 Å². The fraction of sp³-hybridized carbons (Fsp3) is 0.364. The quantitative estimate of drug-likeness (QED) is 0.774. The van der Waals surface area contributed by atoms with E-state index >= 15 is 0 Å². The van der Waals surface area contributed by atoms with Crippen LogP contribution in [0.3, 0.4) is 0 Å². The predicted molar refractivity (Wildman–Crippen MR) is 54.7 cm³/mol. The third kappa shape index (κ3) is 2.76. The summed E-state index contributed by atoms with van der Waals surface area (Å²) in [5, 5.41) is 0. The summed E-state index contributed by atoms with van der Waals surface area (Å²) < 4.78 is 17.7. The second-order valence-electron chi connectivity index (χ2n) is 3.34. The Labute approximate surface area is 88.0 Å². The van der Waals surface area contributed by atoms with Gasteiger partial charge in [-0.15, -0.1) is 0 Å². The molecular formula is C11H14FNO2. The highest BCUT2D eigenvalue weighted by atomic mass is 19.1. The van der Waals surface area contributed by atoms with E-state index in [9.17, 15) is 9.18 Å². The molecule has 0 bridgehead atoms. The first-order valence-corrected chi connectivity index (χ1v) is 4.63. The van der Waals surface area contributed by atoms with Gasteiger partial charge in [0.05, 0.1) is 13.5 Å². The van der Waals surface area contributed by atoms with Crippen molar-refractivity contribution >= 4 is 5.97 Å². The number of ether oxygens (including phenoxy) is 1. The van der Waals surface area contributed by atoms with Crippen LogP contribution in [0.1, 0.15) is 23.6 Å². The fourth-order valence-electron chi connectivity index (χ4n) is 1.40. The smallest absolute Gasteiger partial charge is 0.307 e. The molecule has 0 saturated heterocycles. The van der Waals surface area contributed by atoms with Gasteiger partial charge in [0.2, 0.25) is 0 Å². The van der Waals surface area contributed by atoms with Gasteiger partial charge in [-0.2, -0.15) is 0 Å². The predicted octanol–water partition coefficient (Wildman–Crippen LogP) is 1.70. The summed E-state index contributed by atoms with van der Waals surface area (Å²) in [6.07, 6.45) is 0.0563. The van der Waals surface area contributed by atoms with Crippen molar-refractivity contribution in [3.05, 3.63) is 35.1 Å². The monoisotopic (exact) mass is 211 g/mol. The normalized spacial score (nSPS) is 12.3. The molecule has 0 fully saturated rings. The highest BCUT2D eigenvalue weighted by molar-refractivity contribution is 5.70. The van der Waals surface area contributed by atoms with Gasteiger partial charge in [-0.05, 0) is 24.1 Å². The molecule has 0 saturated carbocycles. The van der Waals surface area contributed by atoms with E-state index in [1.165, 1.54) is 13.2 Å². The lowest BCUT2D eigenvalue weighted by atomic mass is 9.99. The molecule has 1 rings (SSSR count). The summed E-state index contributed by atoms with van der Waals surface area (Å²) in [6.45, 7) is 1.64. The summed E-state index contributed by atoms with van der Waals surface area (Å²) in [5.41, 5.74) is 6.89. The Morgan fingerprint density at radius 1 is 1.60 bits per heavy atom. The molecule has 82 valence electrons. The molecule has 0 aliphatic rings. The molecule has 0 aromatic heterocycles. The van der Waals surface area contributed by atoms with Gasteiger partial charge in [-0.25, -0.2) is 4.39 Å². The lowest BCUT2D eigenvalue weighted by molar-refractivity contribution is -0.141. The molecule has 0 aliphatic heterocycles. The van der Waals surface area contributed by atoms with Crippen LogP contribution < -0.4 is 5.73 Å². The van der Waals surface area contributed by atoms with Gasteiger partial charge in [0.1, 0.15) is 5.82 Å². The number of methoxy groups -OCH3 is 1. The van der Waals surface area contributed by atoms with Gasteiger partial charge < -0.3 is 10.5 Å². The van der Waals surface area contributed by atoms with Crippen LogP contribution in [0.4, 0.5) is 4.39 Å². The molecular weight excluding hydrogens is 197 g/mol. The highest BCUT2D eigenvalue weighted by Gasteiger charge is 2.15. The zero-order valence-electron chi connectivity index (χ0n) is 8.79. The van der Waals surface area contributed by atoms with Gasteiger partial charge in [0.25, 0.3) is 0 Å². The second-order valence-corrected chi connectivity index (χ2v) is 3.34. The van der Waals surface area contributed by atoms with Crippen molar-refractivity contribution in [2.75, 3.05) is 7.11 Å². The molecule has 0 heterocycles. The van der Waals surface area contributed by atoms with E-state index in [0.717, 1.165) is 0 Å². The van der Waals surface area contributed by atoms with Crippen molar-refractivity contribution in [3.8, 4) is 0 Å². The number of esters is 1. The third-order valence-electron chi connectivity index (χ3n) is 2.32. The maximum Gasteiger partial charge on any atom is 0.307 e. The first-order chi connectivity index (χ1) is 7.06. The summed E-state index contributed by atoms with van der Waals surface area (Å²) in [7, 11) is 1.30. The van der Waals surface area contributed by atoms with Crippen molar-refractivity contribution < 1.29 is 13.9 Å². The Bertz CT molecular complexity index is 366. The Morgan fingerprint density at radius 2 is 2.27 bits per heavy atom. The van der Waals surface area contributed by atoms with Crippen LogP contribution in [-0.2, 0) is 9.53 Å². The van der Waals surface area contributed by atoms with Crippen molar-refractivity contribution in [2.45, 2.75) is 19.4 Å². The molecule has 15 heavy (non-hydrogen) atoms. The van der Waals surface area contributed by atoms with Crippen LogP contribution in [0.2, 0.25) is 0 Å². The average Bonchev–Trinajstić information content (AvgIpc) is 2.21. The molecule has 1 aromatic rings. The van der Waals surface area contributed by atoms with Crippen LogP contribution >= 0.6 is 0 Å². The van der Waals surface area contributed by atoms with Crippen LogP contribution in [0.25, 0.3) is 0 Å². The van der Waals surface area contributed by atoms with Gasteiger partial charge in [-0.1, -0.05) is 12.1 Å². The largest absolute Gasteiger partial charge is 0.469 e.